The molecule has 0 heterocycles. The fraction of sp³-hybridized carbons (Fsp3) is 0.316. The lowest BCUT2D eigenvalue weighted by Crippen LogP contribution is -3.06. The van der Waals surface area contributed by atoms with Gasteiger partial charge in [0.05, 0.1) is 21.2 Å². The van der Waals surface area contributed by atoms with E-state index in [4.69, 9.17) is 9.47 Å². The number of esters is 1. The Morgan fingerprint density at radius 3 is 2.17 bits per heavy atom. The highest BCUT2D eigenvalue weighted by Crippen LogP contribution is 2.27. The van der Waals surface area contributed by atoms with E-state index in [0.717, 1.165) is 23.4 Å². The van der Waals surface area contributed by atoms with E-state index >= 15 is 0 Å². The van der Waals surface area contributed by atoms with Crippen molar-refractivity contribution in [1.82, 2.24) is 0 Å². The third-order valence-electron chi connectivity index (χ3n) is 3.66. The fourth-order valence-electron chi connectivity index (χ4n) is 2.35. The summed E-state index contributed by atoms with van der Waals surface area (Å²) in [6, 6.07) is 17.3. The number of likely N-dealkylation sites (N-methyl/N-ethyl adjacent to an activating group) is 1. The van der Waals surface area contributed by atoms with Crippen LogP contribution in [0.2, 0.25) is 0 Å². The molecule has 4 heteroatoms. The monoisotopic (exact) mass is 314 g/mol. The van der Waals surface area contributed by atoms with E-state index in [2.05, 4.69) is 0 Å². The molecule has 0 aliphatic rings. The largest absolute Gasteiger partial charge is 0.497 e. The molecule has 0 saturated heterocycles. The first kappa shape index (κ1) is 17.0. The normalized spacial score (nSPS) is 12.0. The first-order chi connectivity index (χ1) is 11.1. The fourth-order valence-corrected chi connectivity index (χ4v) is 2.35. The predicted molar refractivity (Wildman–Crippen MR) is 89.9 cm³/mol. The van der Waals surface area contributed by atoms with Gasteiger partial charge in [0, 0.05) is 0 Å². The van der Waals surface area contributed by atoms with Crippen LogP contribution in [0.25, 0.3) is 0 Å². The van der Waals surface area contributed by atoms with E-state index < -0.39 is 5.92 Å². The van der Waals surface area contributed by atoms with Crippen molar-refractivity contribution in [2.75, 3.05) is 34.4 Å². The maximum Gasteiger partial charge on any atom is 0.318 e. The van der Waals surface area contributed by atoms with Gasteiger partial charge in [-0.3, -0.25) is 4.79 Å². The highest BCUT2D eigenvalue weighted by atomic mass is 16.5. The molecule has 4 nitrogen and oxygen atoms in total. The quantitative estimate of drug-likeness (QED) is 0.788. The summed E-state index contributed by atoms with van der Waals surface area (Å²) in [6.07, 6.45) is 0. The second-order valence-corrected chi connectivity index (χ2v) is 5.74. The van der Waals surface area contributed by atoms with Crippen molar-refractivity contribution in [3.05, 3.63) is 65.7 Å². The minimum atomic E-state index is -0.417. The standard InChI is InChI=1S/C19H23NO3/c1-20(2)13-14-23-19(21)18(15-7-5-4-6-8-15)16-9-11-17(22-3)12-10-16/h4-12,18H,13-14H2,1-3H3/p+1/t18-/m1/s1. The van der Waals surface area contributed by atoms with Crippen molar-refractivity contribution < 1.29 is 19.2 Å². The predicted octanol–water partition coefficient (Wildman–Crippen LogP) is 1.51. The van der Waals surface area contributed by atoms with Gasteiger partial charge in [0.1, 0.15) is 24.8 Å². The Balaban J connectivity index is 2.22. The van der Waals surface area contributed by atoms with E-state index in [1.54, 1.807) is 7.11 Å². The van der Waals surface area contributed by atoms with E-state index in [9.17, 15) is 4.79 Å². The number of carbonyl (C=O) groups is 1. The Kier molecular flexibility index (Phi) is 6.18. The van der Waals surface area contributed by atoms with Crippen molar-refractivity contribution in [2.45, 2.75) is 5.92 Å². The molecule has 0 amide bonds. The number of carbonyl (C=O) groups excluding carboxylic acids is 1. The molecular weight excluding hydrogens is 290 g/mol. The van der Waals surface area contributed by atoms with Crippen LogP contribution in [0.5, 0.6) is 5.75 Å². The van der Waals surface area contributed by atoms with Crippen LogP contribution in [0.1, 0.15) is 17.0 Å². The molecule has 0 bridgehead atoms. The molecule has 2 aromatic carbocycles. The minimum Gasteiger partial charge on any atom is -0.497 e. The zero-order valence-corrected chi connectivity index (χ0v) is 13.9. The lowest BCUT2D eigenvalue weighted by Gasteiger charge is -2.18. The van der Waals surface area contributed by atoms with Crippen LogP contribution in [-0.4, -0.2) is 40.3 Å². The van der Waals surface area contributed by atoms with Gasteiger partial charge in [0.2, 0.25) is 0 Å². The molecule has 2 aromatic rings. The maximum absolute atomic E-state index is 12.6. The van der Waals surface area contributed by atoms with Gasteiger partial charge >= 0.3 is 5.97 Å². The number of methoxy groups -OCH3 is 1. The molecule has 0 spiro atoms. The third kappa shape index (κ3) is 4.83. The average molecular weight is 314 g/mol. The summed E-state index contributed by atoms with van der Waals surface area (Å²) < 4.78 is 10.7. The molecule has 0 radical (unpaired) electrons. The summed E-state index contributed by atoms with van der Waals surface area (Å²) in [5.41, 5.74) is 1.83. The molecule has 1 N–H and O–H groups in total. The minimum absolute atomic E-state index is 0.220. The number of benzene rings is 2. The van der Waals surface area contributed by atoms with Gasteiger partial charge in [-0.15, -0.1) is 0 Å². The average Bonchev–Trinajstić information content (AvgIpc) is 2.56. The maximum atomic E-state index is 12.6. The van der Waals surface area contributed by atoms with Crippen molar-refractivity contribution in [3.63, 3.8) is 0 Å². The van der Waals surface area contributed by atoms with Gasteiger partial charge in [-0.25, -0.2) is 0 Å². The number of quaternary nitrogens is 1. The van der Waals surface area contributed by atoms with Gasteiger partial charge < -0.3 is 14.4 Å². The van der Waals surface area contributed by atoms with Crippen LogP contribution in [0, 0.1) is 0 Å². The third-order valence-corrected chi connectivity index (χ3v) is 3.66. The summed E-state index contributed by atoms with van der Waals surface area (Å²) in [7, 11) is 5.69. The molecule has 0 unspecified atom stereocenters. The second-order valence-electron chi connectivity index (χ2n) is 5.74. The SMILES string of the molecule is COc1ccc([C@H](C(=O)OCC[NH+](C)C)c2ccccc2)cc1. The number of rotatable bonds is 7. The molecule has 23 heavy (non-hydrogen) atoms. The van der Waals surface area contributed by atoms with Gasteiger partial charge in [0.15, 0.2) is 0 Å². The topological polar surface area (TPSA) is 40.0 Å². The molecule has 0 aliphatic heterocycles. The van der Waals surface area contributed by atoms with Gasteiger partial charge in [0.25, 0.3) is 0 Å². The molecule has 0 aromatic heterocycles. The van der Waals surface area contributed by atoms with Crippen molar-refractivity contribution >= 4 is 5.97 Å². The lowest BCUT2D eigenvalue weighted by atomic mass is 9.91. The van der Waals surface area contributed by atoms with Crippen molar-refractivity contribution in [3.8, 4) is 5.75 Å². The van der Waals surface area contributed by atoms with E-state index in [-0.39, 0.29) is 5.97 Å². The summed E-state index contributed by atoms with van der Waals surface area (Å²) in [4.78, 5) is 13.9. The zero-order chi connectivity index (χ0) is 16.7. The van der Waals surface area contributed by atoms with Crippen molar-refractivity contribution in [2.24, 2.45) is 0 Å². The van der Waals surface area contributed by atoms with E-state index in [0.29, 0.717) is 6.61 Å². The Bertz CT molecular complexity index is 608. The summed E-state index contributed by atoms with van der Waals surface area (Å²) >= 11 is 0. The zero-order valence-electron chi connectivity index (χ0n) is 13.9. The smallest absolute Gasteiger partial charge is 0.318 e. The molecule has 122 valence electrons. The Hall–Kier alpha value is -2.33. The summed E-state index contributed by atoms with van der Waals surface area (Å²) in [5, 5.41) is 0. The van der Waals surface area contributed by atoms with Crippen LogP contribution < -0.4 is 9.64 Å². The first-order valence-electron chi connectivity index (χ1n) is 7.76. The molecule has 0 aliphatic carbocycles. The molecular formula is C19H24NO3+. The molecule has 2 rings (SSSR count). The van der Waals surface area contributed by atoms with Gasteiger partial charge in [-0.2, -0.15) is 0 Å². The number of nitrogens with one attached hydrogen (secondary N) is 1. The van der Waals surface area contributed by atoms with Crippen LogP contribution in [0.4, 0.5) is 0 Å². The van der Waals surface area contributed by atoms with Crippen LogP contribution in [0.3, 0.4) is 0 Å². The molecule has 0 saturated carbocycles. The molecule has 0 fully saturated rings. The Morgan fingerprint density at radius 2 is 1.61 bits per heavy atom. The van der Waals surface area contributed by atoms with Crippen LogP contribution in [-0.2, 0) is 9.53 Å². The van der Waals surface area contributed by atoms with Gasteiger partial charge in [-0.05, 0) is 23.3 Å². The lowest BCUT2D eigenvalue weighted by molar-refractivity contribution is -0.858. The van der Waals surface area contributed by atoms with Gasteiger partial charge in [-0.1, -0.05) is 42.5 Å². The second kappa shape index (κ2) is 8.34. The van der Waals surface area contributed by atoms with E-state index in [1.807, 2.05) is 68.7 Å². The number of hydrogen-bond acceptors (Lipinski definition) is 3. The van der Waals surface area contributed by atoms with E-state index in [1.165, 1.54) is 4.90 Å². The first-order valence-corrected chi connectivity index (χ1v) is 7.76. The highest BCUT2D eigenvalue weighted by molar-refractivity contribution is 5.82. The number of ether oxygens (including phenoxy) is 2. The summed E-state index contributed by atoms with van der Waals surface area (Å²) in [5.74, 6) is 0.132. The van der Waals surface area contributed by atoms with Crippen molar-refractivity contribution in [1.29, 1.82) is 0 Å². The molecule has 1 atom stereocenters. The Labute approximate surface area is 137 Å². The number of hydrogen-bond donors (Lipinski definition) is 1. The highest BCUT2D eigenvalue weighted by Gasteiger charge is 2.24. The Morgan fingerprint density at radius 1 is 1.00 bits per heavy atom. The van der Waals surface area contributed by atoms with Crippen LogP contribution in [0.15, 0.2) is 54.6 Å². The van der Waals surface area contributed by atoms with Crippen LogP contribution >= 0.6 is 0 Å². The summed E-state index contributed by atoms with van der Waals surface area (Å²) in [6.45, 7) is 1.20.